The summed E-state index contributed by atoms with van der Waals surface area (Å²) in [5, 5.41) is 0. The van der Waals surface area contributed by atoms with E-state index >= 15 is 0 Å². The number of hydrogen-bond acceptors (Lipinski definition) is 3. The van der Waals surface area contributed by atoms with Gasteiger partial charge in [-0.3, -0.25) is 4.79 Å². The Morgan fingerprint density at radius 1 is 1.38 bits per heavy atom. The predicted molar refractivity (Wildman–Crippen MR) is 57.3 cm³/mol. The lowest BCUT2D eigenvalue weighted by Crippen LogP contribution is -2.30. The van der Waals surface area contributed by atoms with E-state index in [1.807, 2.05) is 44.2 Å². The van der Waals surface area contributed by atoms with Gasteiger partial charge in [0.2, 0.25) is 0 Å². The molecule has 1 aliphatic heterocycles. The van der Waals surface area contributed by atoms with Crippen molar-refractivity contribution in [2.45, 2.75) is 25.0 Å². The minimum Gasteiger partial charge on any atom is -0.349 e. The van der Waals surface area contributed by atoms with Gasteiger partial charge in [0.05, 0.1) is 10.3 Å². The first-order chi connectivity index (χ1) is 7.54. The van der Waals surface area contributed by atoms with Crippen molar-refractivity contribution < 1.29 is 14.3 Å². The molecule has 1 aromatic rings. The number of nitrogens with zero attached hydrogens (tertiary/aromatic N) is 1. The summed E-state index contributed by atoms with van der Waals surface area (Å²) in [7, 11) is 0. The maximum atomic E-state index is 11.9. The van der Waals surface area contributed by atoms with E-state index in [9.17, 15) is 4.79 Å². The van der Waals surface area contributed by atoms with E-state index in [0.29, 0.717) is 0 Å². The number of Topliss-reactive ketones (excluding diaryl/α,β-unsaturated/α-hetero) is 1. The third kappa shape index (κ3) is 1.32. The van der Waals surface area contributed by atoms with Crippen LogP contribution in [0.3, 0.4) is 0 Å². The molecule has 1 N–H and O–H groups in total. The molecule has 1 aliphatic rings. The lowest BCUT2D eigenvalue weighted by atomic mass is 9.85. The van der Waals surface area contributed by atoms with Gasteiger partial charge < -0.3 is 4.74 Å². The van der Waals surface area contributed by atoms with Crippen LogP contribution in [0.5, 0.6) is 0 Å². The number of ketones is 1. The highest BCUT2D eigenvalue weighted by Crippen LogP contribution is 2.55. The molecule has 0 aromatic heterocycles. The standard InChI is InChI=1S/C12H13N2O2/c1-11(2)12(16-11,10(15)8-14-13)9-6-4-3-5-7-9/h3-8,13H,1-2H3/q+1. The van der Waals surface area contributed by atoms with E-state index in [1.165, 1.54) is 0 Å². The molecule has 2 rings (SSSR count). The van der Waals surface area contributed by atoms with Crippen LogP contribution in [0.2, 0.25) is 0 Å². The number of carbonyl (C=O) groups is 1. The molecule has 1 atom stereocenters. The molecule has 16 heavy (non-hydrogen) atoms. The second-order valence-corrected chi connectivity index (χ2v) is 4.28. The second-order valence-electron chi connectivity index (χ2n) is 4.28. The molecule has 0 amide bonds. The fraction of sp³-hybridized carbons (Fsp3) is 0.333. The molecule has 1 unspecified atom stereocenters. The molecule has 0 radical (unpaired) electrons. The summed E-state index contributed by atoms with van der Waals surface area (Å²) >= 11 is 0. The van der Waals surface area contributed by atoms with Crippen molar-refractivity contribution in [2.75, 3.05) is 0 Å². The summed E-state index contributed by atoms with van der Waals surface area (Å²) in [6.07, 6.45) is 1.00. The largest absolute Gasteiger partial charge is 0.376 e. The number of carbonyl (C=O) groups excluding carboxylic acids is 1. The van der Waals surface area contributed by atoms with Gasteiger partial charge in [0.1, 0.15) is 5.60 Å². The van der Waals surface area contributed by atoms with Crippen molar-refractivity contribution in [2.24, 2.45) is 0 Å². The van der Waals surface area contributed by atoms with Crippen LogP contribution in [0.25, 0.3) is 0 Å². The molecule has 0 spiro atoms. The van der Waals surface area contributed by atoms with Gasteiger partial charge in [0.15, 0.2) is 5.60 Å². The number of ether oxygens (including phenoxy) is 1. The van der Waals surface area contributed by atoms with Crippen molar-refractivity contribution in [1.29, 1.82) is 5.53 Å². The Morgan fingerprint density at radius 3 is 2.38 bits per heavy atom. The van der Waals surface area contributed by atoms with Crippen molar-refractivity contribution in [3.63, 3.8) is 0 Å². The van der Waals surface area contributed by atoms with Gasteiger partial charge in [-0.15, -0.1) is 0 Å². The molecule has 0 aliphatic carbocycles. The average Bonchev–Trinajstić information content (AvgIpc) is 2.85. The van der Waals surface area contributed by atoms with Crippen molar-refractivity contribution in [1.82, 2.24) is 0 Å². The number of benzene rings is 1. The lowest BCUT2D eigenvalue weighted by molar-refractivity contribution is -0.134. The van der Waals surface area contributed by atoms with Crippen LogP contribution >= 0.6 is 0 Å². The Bertz CT molecular complexity index is 475. The highest BCUT2D eigenvalue weighted by atomic mass is 16.6. The first kappa shape index (κ1) is 10.7. The molecule has 4 heteroatoms. The highest BCUT2D eigenvalue weighted by molar-refractivity contribution is 6.30. The van der Waals surface area contributed by atoms with Gasteiger partial charge in [-0.2, -0.15) is 0 Å². The zero-order valence-corrected chi connectivity index (χ0v) is 9.23. The molecule has 82 valence electrons. The lowest BCUT2D eigenvalue weighted by Gasteiger charge is -2.09. The monoisotopic (exact) mass is 217 g/mol. The number of nitrogens with one attached hydrogen (secondary N) is 1. The second kappa shape index (κ2) is 3.37. The summed E-state index contributed by atoms with van der Waals surface area (Å²) in [6, 6.07) is 9.31. The Hall–Kier alpha value is -1.77. The first-order valence-electron chi connectivity index (χ1n) is 5.04. The van der Waals surface area contributed by atoms with Gasteiger partial charge in [-0.1, -0.05) is 30.3 Å². The van der Waals surface area contributed by atoms with Crippen LogP contribution in [0.4, 0.5) is 0 Å². The normalized spacial score (nSPS) is 25.6. The molecule has 1 aromatic carbocycles. The fourth-order valence-corrected chi connectivity index (χ4v) is 2.08. The molecule has 0 saturated carbocycles. The quantitative estimate of drug-likeness (QED) is 0.361. The van der Waals surface area contributed by atoms with Crippen LogP contribution in [0, 0.1) is 5.53 Å². The highest BCUT2D eigenvalue weighted by Gasteiger charge is 2.70. The topological polar surface area (TPSA) is 67.6 Å². The third-order valence-electron chi connectivity index (χ3n) is 2.92. The van der Waals surface area contributed by atoms with E-state index in [4.69, 9.17) is 10.3 Å². The molecule has 4 nitrogen and oxygen atoms in total. The minimum atomic E-state index is -0.960. The van der Waals surface area contributed by atoms with Gasteiger partial charge in [0.25, 0.3) is 5.78 Å². The fourth-order valence-electron chi connectivity index (χ4n) is 2.08. The smallest absolute Gasteiger partial charge is 0.349 e. The summed E-state index contributed by atoms with van der Waals surface area (Å²) in [6.45, 7) is 3.71. The van der Waals surface area contributed by atoms with E-state index in [-0.39, 0.29) is 5.78 Å². The molecule has 0 bridgehead atoms. The van der Waals surface area contributed by atoms with Crippen molar-refractivity contribution >= 4 is 12.0 Å². The predicted octanol–water partition coefficient (Wildman–Crippen LogP) is 1.57. The molecular weight excluding hydrogens is 204 g/mol. The van der Waals surface area contributed by atoms with Gasteiger partial charge >= 0.3 is 6.21 Å². The Kier molecular flexibility index (Phi) is 2.26. The van der Waals surface area contributed by atoms with Crippen LogP contribution in [0.15, 0.2) is 30.3 Å². The van der Waals surface area contributed by atoms with Crippen LogP contribution < -0.4 is 0 Å². The third-order valence-corrected chi connectivity index (χ3v) is 2.92. The Labute approximate surface area is 93.5 Å². The van der Waals surface area contributed by atoms with Gasteiger partial charge in [-0.05, 0) is 19.4 Å². The van der Waals surface area contributed by atoms with Gasteiger partial charge in [0, 0.05) is 0 Å². The SMILES string of the molecule is CC1(C)OC1(C(=O)C=[N+]=N)c1ccccc1. The first-order valence-corrected chi connectivity index (χ1v) is 5.04. The zero-order valence-electron chi connectivity index (χ0n) is 9.23. The Morgan fingerprint density at radius 2 is 1.94 bits per heavy atom. The van der Waals surface area contributed by atoms with Crippen molar-refractivity contribution in [3.8, 4) is 0 Å². The van der Waals surface area contributed by atoms with Crippen LogP contribution in [0.1, 0.15) is 19.4 Å². The van der Waals surface area contributed by atoms with Crippen molar-refractivity contribution in [3.05, 3.63) is 35.9 Å². The molecule has 1 heterocycles. The van der Waals surface area contributed by atoms with E-state index in [0.717, 1.165) is 11.8 Å². The average molecular weight is 217 g/mol. The minimum absolute atomic E-state index is 0.279. The maximum Gasteiger partial charge on any atom is 0.376 e. The molecular formula is C12H13N2O2+. The zero-order chi connectivity index (χ0) is 11.8. The van der Waals surface area contributed by atoms with E-state index < -0.39 is 11.2 Å². The molecule has 1 saturated heterocycles. The summed E-state index contributed by atoms with van der Waals surface area (Å²) in [5.74, 6) is -0.279. The van der Waals surface area contributed by atoms with E-state index in [2.05, 4.69) is 4.79 Å². The molecule has 1 fully saturated rings. The van der Waals surface area contributed by atoms with Crippen LogP contribution in [-0.4, -0.2) is 22.4 Å². The van der Waals surface area contributed by atoms with Crippen LogP contribution in [-0.2, 0) is 15.1 Å². The number of rotatable bonds is 3. The maximum absolute atomic E-state index is 11.9. The number of epoxide rings is 1. The summed E-state index contributed by atoms with van der Waals surface area (Å²) in [4.78, 5) is 15.0. The Balaban J connectivity index is 2.48. The van der Waals surface area contributed by atoms with Gasteiger partial charge in [-0.25, -0.2) is 0 Å². The summed E-state index contributed by atoms with van der Waals surface area (Å²) in [5.41, 5.74) is 6.04. The van der Waals surface area contributed by atoms with E-state index in [1.54, 1.807) is 0 Å². The number of hydrogen-bond donors (Lipinski definition) is 1. The summed E-state index contributed by atoms with van der Waals surface area (Å²) < 4.78 is 5.57.